The summed E-state index contributed by atoms with van der Waals surface area (Å²) in [5.74, 6) is -0.247. The van der Waals surface area contributed by atoms with Crippen LogP contribution in [-0.2, 0) is 9.53 Å². The van der Waals surface area contributed by atoms with Crippen LogP contribution in [0.5, 0.6) is 0 Å². The molecule has 0 fully saturated rings. The lowest BCUT2D eigenvalue weighted by Crippen LogP contribution is -2.05. The summed E-state index contributed by atoms with van der Waals surface area (Å²) >= 11 is 0. The molecule has 0 unspecified atom stereocenters. The molecule has 1 heterocycles. The van der Waals surface area contributed by atoms with Crippen molar-refractivity contribution < 1.29 is 9.53 Å². The molecule has 14 heavy (non-hydrogen) atoms. The average Bonchev–Trinajstić information content (AvgIpc) is 2.35. The molecule has 4 heteroatoms. The number of hydrogen-bond donors (Lipinski definition) is 1. The number of ether oxygens (including phenoxy) is 1. The van der Waals surface area contributed by atoms with Crippen LogP contribution in [-0.4, -0.2) is 5.97 Å². The van der Waals surface area contributed by atoms with E-state index in [-0.39, 0.29) is 17.4 Å². The summed E-state index contributed by atoms with van der Waals surface area (Å²) < 4.78 is 4.92. The van der Waals surface area contributed by atoms with Gasteiger partial charge >= 0.3 is 5.97 Å². The van der Waals surface area contributed by atoms with E-state index in [2.05, 4.69) is 0 Å². The molecule has 0 spiro atoms. The van der Waals surface area contributed by atoms with Crippen LogP contribution in [0.25, 0.3) is 0 Å². The Morgan fingerprint density at radius 1 is 1.57 bits per heavy atom. The Kier molecular flexibility index (Phi) is 2.61. The van der Waals surface area contributed by atoms with Gasteiger partial charge in [-0.15, -0.1) is 0 Å². The fraction of sp³-hybridized carbons (Fsp3) is 0.400. The molecule has 4 nitrogen and oxygen atoms in total. The summed E-state index contributed by atoms with van der Waals surface area (Å²) in [5, 5.41) is 8.87. The first-order valence-corrected chi connectivity index (χ1v) is 4.32. The number of esters is 1. The minimum absolute atomic E-state index is 0.00718. The smallest absolute Gasteiger partial charge is 0.341 e. The van der Waals surface area contributed by atoms with Crippen LogP contribution >= 0.6 is 0 Å². The second kappa shape index (κ2) is 3.54. The van der Waals surface area contributed by atoms with E-state index in [1.165, 1.54) is 0 Å². The van der Waals surface area contributed by atoms with E-state index >= 15 is 0 Å². The lowest BCUT2D eigenvalue weighted by molar-refractivity contribution is -0.133. The Bertz CT molecular complexity index is 383. The molecular formula is C10H12N2O2. The van der Waals surface area contributed by atoms with Gasteiger partial charge in [-0.1, -0.05) is 13.8 Å². The lowest BCUT2D eigenvalue weighted by atomic mass is 10.0. The minimum atomic E-state index is -0.467. The third-order valence-electron chi connectivity index (χ3n) is 2.09. The van der Waals surface area contributed by atoms with Crippen LogP contribution in [0, 0.1) is 17.2 Å². The molecule has 0 aromatic carbocycles. The molecule has 1 aliphatic heterocycles. The van der Waals surface area contributed by atoms with Crippen molar-refractivity contribution in [2.45, 2.75) is 20.8 Å². The maximum absolute atomic E-state index is 11.1. The predicted molar refractivity (Wildman–Crippen MR) is 50.5 cm³/mol. The molecule has 0 atom stereocenters. The summed E-state index contributed by atoms with van der Waals surface area (Å²) in [5.41, 5.74) is 6.71. The van der Waals surface area contributed by atoms with Gasteiger partial charge in [0.15, 0.2) is 5.76 Å². The van der Waals surface area contributed by atoms with Gasteiger partial charge < -0.3 is 10.5 Å². The molecular weight excluding hydrogens is 180 g/mol. The molecule has 0 aliphatic carbocycles. The first kappa shape index (κ1) is 10.3. The monoisotopic (exact) mass is 192 g/mol. The summed E-state index contributed by atoms with van der Waals surface area (Å²) in [7, 11) is 0. The number of carbonyl (C=O) groups excluding carboxylic acids is 1. The molecule has 0 radical (unpaired) electrons. The van der Waals surface area contributed by atoms with E-state index in [1.54, 1.807) is 6.92 Å². The third-order valence-corrected chi connectivity index (χ3v) is 2.09. The molecule has 2 N–H and O–H groups in total. The van der Waals surface area contributed by atoms with Crippen molar-refractivity contribution >= 4 is 5.97 Å². The standard InChI is InChI=1S/C10H12N2O2/c1-5(2)7(4-11)9-8(12)6(3)10(13)14-9/h5H,12H2,1-3H3/b9-7-. The largest absolute Gasteiger partial charge is 0.420 e. The van der Waals surface area contributed by atoms with Crippen LogP contribution in [0.4, 0.5) is 0 Å². The normalized spacial score (nSPS) is 19.8. The molecule has 1 aliphatic rings. The Morgan fingerprint density at radius 3 is 2.43 bits per heavy atom. The Labute approximate surface area is 82.6 Å². The van der Waals surface area contributed by atoms with Crippen molar-refractivity contribution in [3.05, 3.63) is 22.6 Å². The number of carbonyl (C=O) groups is 1. The third kappa shape index (κ3) is 1.49. The number of nitrogens with zero attached hydrogens (tertiary/aromatic N) is 1. The zero-order valence-corrected chi connectivity index (χ0v) is 8.42. The number of cyclic esters (lactones) is 1. The topological polar surface area (TPSA) is 76.1 Å². The quantitative estimate of drug-likeness (QED) is 0.500. The highest BCUT2D eigenvalue weighted by Crippen LogP contribution is 2.27. The van der Waals surface area contributed by atoms with E-state index in [0.29, 0.717) is 11.1 Å². The van der Waals surface area contributed by atoms with Crippen LogP contribution < -0.4 is 5.73 Å². The summed E-state index contributed by atoms with van der Waals surface area (Å²) in [4.78, 5) is 11.1. The van der Waals surface area contributed by atoms with Crippen molar-refractivity contribution in [1.29, 1.82) is 5.26 Å². The van der Waals surface area contributed by atoms with Crippen molar-refractivity contribution in [3.8, 4) is 6.07 Å². The maximum atomic E-state index is 11.1. The van der Waals surface area contributed by atoms with Gasteiger partial charge in [0, 0.05) is 0 Å². The zero-order valence-electron chi connectivity index (χ0n) is 8.42. The fourth-order valence-corrected chi connectivity index (χ4v) is 1.15. The summed E-state index contributed by atoms with van der Waals surface area (Å²) in [6, 6.07) is 2.00. The number of nitriles is 1. The van der Waals surface area contributed by atoms with Gasteiger partial charge in [-0.25, -0.2) is 4.79 Å². The van der Waals surface area contributed by atoms with Gasteiger partial charge in [-0.05, 0) is 12.8 Å². The second-order valence-electron chi connectivity index (χ2n) is 3.44. The van der Waals surface area contributed by atoms with Crippen LogP contribution in [0.2, 0.25) is 0 Å². The van der Waals surface area contributed by atoms with E-state index in [4.69, 9.17) is 15.7 Å². The molecule has 0 aromatic heterocycles. The summed E-state index contributed by atoms with van der Waals surface area (Å²) in [6.45, 7) is 5.28. The maximum Gasteiger partial charge on any atom is 0.341 e. The SMILES string of the molecule is CC1=C(N)/C(=C(\C#N)C(C)C)OC1=O. The van der Waals surface area contributed by atoms with E-state index in [0.717, 1.165) is 0 Å². The highest BCUT2D eigenvalue weighted by molar-refractivity contribution is 5.93. The van der Waals surface area contributed by atoms with E-state index in [1.807, 2.05) is 19.9 Å². The average molecular weight is 192 g/mol. The molecule has 1 rings (SSSR count). The zero-order chi connectivity index (χ0) is 10.9. The van der Waals surface area contributed by atoms with Gasteiger partial charge in [0.25, 0.3) is 0 Å². The first-order valence-electron chi connectivity index (χ1n) is 4.32. The number of allylic oxidation sites excluding steroid dienone is 1. The van der Waals surface area contributed by atoms with Gasteiger partial charge in [0.1, 0.15) is 0 Å². The van der Waals surface area contributed by atoms with E-state index < -0.39 is 5.97 Å². The molecule has 74 valence electrons. The van der Waals surface area contributed by atoms with Crippen molar-refractivity contribution in [3.63, 3.8) is 0 Å². The summed E-state index contributed by atoms with van der Waals surface area (Å²) in [6.07, 6.45) is 0. The first-order chi connectivity index (χ1) is 6.49. The highest BCUT2D eigenvalue weighted by atomic mass is 16.5. The van der Waals surface area contributed by atoms with Gasteiger partial charge in [0.2, 0.25) is 0 Å². The second-order valence-corrected chi connectivity index (χ2v) is 3.44. The Balaban J connectivity index is 3.27. The molecule has 0 saturated carbocycles. The number of rotatable bonds is 1. The Morgan fingerprint density at radius 2 is 2.14 bits per heavy atom. The van der Waals surface area contributed by atoms with Crippen molar-refractivity contribution in [2.24, 2.45) is 11.7 Å². The van der Waals surface area contributed by atoms with Crippen molar-refractivity contribution in [1.82, 2.24) is 0 Å². The van der Waals surface area contributed by atoms with Gasteiger partial charge in [-0.2, -0.15) is 5.26 Å². The van der Waals surface area contributed by atoms with Crippen LogP contribution in [0.15, 0.2) is 22.6 Å². The lowest BCUT2D eigenvalue weighted by Gasteiger charge is -2.06. The van der Waals surface area contributed by atoms with Crippen molar-refractivity contribution in [2.75, 3.05) is 0 Å². The Hall–Kier alpha value is -1.76. The van der Waals surface area contributed by atoms with Crippen LogP contribution in [0.3, 0.4) is 0 Å². The van der Waals surface area contributed by atoms with Gasteiger partial charge in [0.05, 0.1) is 22.9 Å². The number of hydrogen-bond acceptors (Lipinski definition) is 4. The molecule has 0 amide bonds. The van der Waals surface area contributed by atoms with Crippen LogP contribution in [0.1, 0.15) is 20.8 Å². The fourth-order valence-electron chi connectivity index (χ4n) is 1.15. The predicted octanol–water partition coefficient (Wildman–Crippen LogP) is 1.21. The molecule has 0 bridgehead atoms. The van der Waals surface area contributed by atoms with E-state index in [9.17, 15) is 4.79 Å². The molecule has 0 aromatic rings. The molecule has 0 saturated heterocycles. The minimum Gasteiger partial charge on any atom is -0.420 e. The number of nitrogens with two attached hydrogens (primary N) is 1. The van der Waals surface area contributed by atoms with Gasteiger partial charge in [-0.3, -0.25) is 0 Å². The highest BCUT2D eigenvalue weighted by Gasteiger charge is 2.28.